The SMILES string of the molecule is CC(C)(C)OC(=O)N1CC(=O)c2cn(C(c3ccccc3)(c3ccccc3)c3ccccc3)nc2C1. The number of aromatic nitrogens is 2. The smallest absolute Gasteiger partial charge is 0.411 e. The van der Waals surface area contributed by atoms with Crippen LogP contribution in [0.4, 0.5) is 4.79 Å². The summed E-state index contributed by atoms with van der Waals surface area (Å²) in [6.07, 6.45) is 1.31. The van der Waals surface area contributed by atoms with Crippen LogP contribution in [0.1, 0.15) is 53.5 Å². The second-order valence-electron chi connectivity index (χ2n) is 10.0. The highest BCUT2D eigenvalue weighted by atomic mass is 16.6. The minimum absolute atomic E-state index is 0.0391. The highest BCUT2D eigenvalue weighted by Crippen LogP contribution is 2.41. The molecule has 1 aliphatic heterocycles. The van der Waals surface area contributed by atoms with Gasteiger partial charge in [0.05, 0.1) is 24.3 Å². The zero-order valence-electron chi connectivity index (χ0n) is 20.7. The van der Waals surface area contributed by atoms with Gasteiger partial charge in [0.15, 0.2) is 5.78 Å². The summed E-state index contributed by atoms with van der Waals surface area (Å²) < 4.78 is 7.41. The van der Waals surface area contributed by atoms with Gasteiger partial charge in [-0.25, -0.2) is 4.79 Å². The van der Waals surface area contributed by atoms with Crippen LogP contribution in [-0.4, -0.2) is 38.7 Å². The summed E-state index contributed by atoms with van der Waals surface area (Å²) in [5.41, 5.74) is 2.66. The Morgan fingerprint density at radius 3 is 1.69 bits per heavy atom. The number of hydrogen-bond acceptors (Lipinski definition) is 4. The lowest BCUT2D eigenvalue weighted by Gasteiger charge is -2.36. The fraction of sp³-hybridized carbons (Fsp3) is 0.233. The monoisotopic (exact) mass is 479 g/mol. The number of ether oxygens (including phenoxy) is 1. The fourth-order valence-electron chi connectivity index (χ4n) is 4.82. The maximum absolute atomic E-state index is 13.2. The lowest BCUT2D eigenvalue weighted by Crippen LogP contribution is -2.42. The molecule has 0 fully saturated rings. The molecule has 1 amide bonds. The van der Waals surface area contributed by atoms with Crippen molar-refractivity contribution >= 4 is 11.9 Å². The van der Waals surface area contributed by atoms with Crippen molar-refractivity contribution in [1.82, 2.24) is 14.7 Å². The van der Waals surface area contributed by atoms with Crippen molar-refractivity contribution in [3.05, 3.63) is 125 Å². The zero-order valence-corrected chi connectivity index (χ0v) is 20.7. The Hall–Kier alpha value is -4.19. The van der Waals surface area contributed by atoms with Gasteiger partial charge in [-0.05, 0) is 37.5 Å². The van der Waals surface area contributed by atoms with E-state index in [2.05, 4.69) is 36.4 Å². The van der Waals surface area contributed by atoms with E-state index in [4.69, 9.17) is 9.84 Å². The van der Waals surface area contributed by atoms with Gasteiger partial charge in [0.1, 0.15) is 11.1 Å². The molecule has 3 aromatic carbocycles. The van der Waals surface area contributed by atoms with Gasteiger partial charge in [-0.1, -0.05) is 91.0 Å². The minimum Gasteiger partial charge on any atom is -0.444 e. The number of fused-ring (bicyclic) bond motifs is 1. The van der Waals surface area contributed by atoms with Crippen molar-refractivity contribution in [2.45, 2.75) is 38.5 Å². The average molecular weight is 480 g/mol. The largest absolute Gasteiger partial charge is 0.444 e. The number of hydrogen-bond donors (Lipinski definition) is 0. The minimum atomic E-state index is -0.821. The summed E-state index contributed by atoms with van der Waals surface area (Å²) >= 11 is 0. The first-order chi connectivity index (χ1) is 17.3. The maximum atomic E-state index is 13.2. The first kappa shape index (κ1) is 23.5. The van der Waals surface area contributed by atoms with Crippen LogP contribution < -0.4 is 0 Å². The van der Waals surface area contributed by atoms with Crippen LogP contribution in [0.5, 0.6) is 0 Å². The van der Waals surface area contributed by atoms with Crippen molar-refractivity contribution in [2.75, 3.05) is 6.54 Å². The Morgan fingerprint density at radius 1 is 0.778 bits per heavy atom. The van der Waals surface area contributed by atoms with Crippen molar-refractivity contribution in [3.63, 3.8) is 0 Å². The number of Topliss-reactive ketones (excluding diaryl/α,β-unsaturated/α-hetero) is 1. The van der Waals surface area contributed by atoms with Crippen LogP contribution >= 0.6 is 0 Å². The maximum Gasteiger partial charge on any atom is 0.411 e. The third kappa shape index (κ3) is 4.19. The quantitative estimate of drug-likeness (QED) is 0.355. The van der Waals surface area contributed by atoms with Gasteiger partial charge in [0, 0.05) is 6.20 Å². The van der Waals surface area contributed by atoms with Gasteiger partial charge in [-0.15, -0.1) is 0 Å². The first-order valence-corrected chi connectivity index (χ1v) is 12.1. The summed E-state index contributed by atoms with van der Waals surface area (Å²) in [7, 11) is 0. The second kappa shape index (κ2) is 9.11. The second-order valence-corrected chi connectivity index (χ2v) is 10.0. The van der Waals surface area contributed by atoms with E-state index >= 15 is 0 Å². The van der Waals surface area contributed by atoms with Crippen LogP contribution in [0.25, 0.3) is 0 Å². The molecule has 6 nitrogen and oxygen atoms in total. The lowest BCUT2D eigenvalue weighted by molar-refractivity contribution is 0.0217. The Balaban J connectivity index is 1.69. The normalized spacial score (nSPS) is 13.9. The molecule has 0 unspecified atom stereocenters. The van der Waals surface area contributed by atoms with Crippen LogP contribution in [0.3, 0.4) is 0 Å². The Kier molecular flexibility index (Phi) is 5.96. The van der Waals surface area contributed by atoms with E-state index < -0.39 is 17.2 Å². The summed E-state index contributed by atoms with van der Waals surface area (Å²) in [4.78, 5) is 27.4. The molecule has 0 saturated heterocycles. The number of ketones is 1. The molecule has 2 heterocycles. The lowest BCUT2D eigenvalue weighted by atomic mass is 9.77. The average Bonchev–Trinajstić information content (AvgIpc) is 3.31. The predicted octanol–water partition coefficient (Wildman–Crippen LogP) is 5.66. The third-order valence-electron chi connectivity index (χ3n) is 6.34. The van der Waals surface area contributed by atoms with E-state index in [-0.39, 0.29) is 18.9 Å². The Labute approximate surface area is 211 Å². The highest BCUT2D eigenvalue weighted by molar-refractivity contribution is 6.01. The fourth-order valence-corrected chi connectivity index (χ4v) is 4.82. The number of carbonyl (C=O) groups excluding carboxylic acids is 2. The van der Waals surface area contributed by atoms with Crippen molar-refractivity contribution in [1.29, 1.82) is 0 Å². The first-order valence-electron chi connectivity index (χ1n) is 12.1. The van der Waals surface area contributed by atoms with E-state index in [1.165, 1.54) is 4.90 Å². The van der Waals surface area contributed by atoms with E-state index in [1.807, 2.05) is 86.2 Å². The summed E-state index contributed by atoms with van der Waals surface area (Å²) in [6.45, 7) is 5.60. The molecule has 0 atom stereocenters. The standard InChI is InChI=1S/C30H29N3O3/c1-29(2,3)36-28(35)32-20-26-25(27(34)21-32)19-33(31-26)30(22-13-7-4-8-14-22,23-15-9-5-10-16-23)24-17-11-6-12-18-24/h4-19H,20-21H2,1-3H3. The molecule has 0 saturated carbocycles. The number of carbonyl (C=O) groups is 2. The topological polar surface area (TPSA) is 64.4 Å². The van der Waals surface area contributed by atoms with E-state index in [0.29, 0.717) is 11.3 Å². The van der Waals surface area contributed by atoms with Gasteiger partial charge in [0.2, 0.25) is 0 Å². The number of benzene rings is 3. The molecule has 5 rings (SSSR count). The van der Waals surface area contributed by atoms with Crippen molar-refractivity contribution < 1.29 is 14.3 Å². The van der Waals surface area contributed by atoms with Gasteiger partial charge < -0.3 is 4.74 Å². The molecule has 4 aromatic rings. The molecule has 0 N–H and O–H groups in total. The molecule has 36 heavy (non-hydrogen) atoms. The van der Waals surface area contributed by atoms with Gasteiger partial charge in [-0.3, -0.25) is 14.4 Å². The molecule has 6 heteroatoms. The molecule has 0 spiro atoms. The highest BCUT2D eigenvalue weighted by Gasteiger charge is 2.41. The van der Waals surface area contributed by atoms with Crippen molar-refractivity contribution in [3.8, 4) is 0 Å². The number of amides is 1. The zero-order chi connectivity index (χ0) is 25.3. The van der Waals surface area contributed by atoms with E-state index in [9.17, 15) is 9.59 Å². The summed E-state index contributed by atoms with van der Waals surface area (Å²) in [5.74, 6) is -0.156. The van der Waals surface area contributed by atoms with Crippen LogP contribution in [0.2, 0.25) is 0 Å². The van der Waals surface area contributed by atoms with Gasteiger partial charge in [-0.2, -0.15) is 5.10 Å². The number of rotatable bonds is 4. The van der Waals surface area contributed by atoms with Gasteiger partial charge in [0.25, 0.3) is 0 Å². The molecular weight excluding hydrogens is 450 g/mol. The van der Waals surface area contributed by atoms with Crippen LogP contribution in [0, 0.1) is 0 Å². The molecule has 0 bridgehead atoms. The van der Waals surface area contributed by atoms with Crippen LogP contribution in [-0.2, 0) is 16.8 Å². The van der Waals surface area contributed by atoms with Gasteiger partial charge >= 0.3 is 6.09 Å². The molecule has 182 valence electrons. The van der Waals surface area contributed by atoms with Crippen LogP contribution in [0.15, 0.2) is 97.2 Å². The molecule has 1 aromatic heterocycles. The molecular formula is C30H29N3O3. The van der Waals surface area contributed by atoms with E-state index in [0.717, 1.165) is 16.7 Å². The molecule has 0 aliphatic carbocycles. The molecule has 0 radical (unpaired) electrons. The Bertz CT molecular complexity index is 1280. The number of nitrogens with zero attached hydrogens (tertiary/aromatic N) is 3. The Morgan fingerprint density at radius 2 is 1.25 bits per heavy atom. The summed E-state index contributed by atoms with van der Waals surface area (Å²) in [6, 6.07) is 30.5. The van der Waals surface area contributed by atoms with Crippen molar-refractivity contribution in [2.24, 2.45) is 0 Å². The predicted molar refractivity (Wildman–Crippen MR) is 138 cm³/mol. The third-order valence-corrected chi connectivity index (χ3v) is 6.34. The summed E-state index contributed by atoms with van der Waals surface area (Å²) in [5, 5.41) is 4.98. The van der Waals surface area contributed by atoms with E-state index in [1.54, 1.807) is 0 Å². The molecule has 1 aliphatic rings.